The zero-order valence-electron chi connectivity index (χ0n) is 50.1. The Bertz CT molecular complexity index is 2000. The van der Waals surface area contributed by atoms with Crippen LogP contribution in [0.25, 0.3) is 0 Å². The van der Waals surface area contributed by atoms with E-state index in [2.05, 4.69) is 13.8 Å². The third kappa shape index (κ3) is 8.62. The number of hydrogen-bond donors (Lipinski definition) is 4. The van der Waals surface area contributed by atoms with Crippen molar-refractivity contribution in [3.05, 3.63) is 0 Å². The van der Waals surface area contributed by atoms with Gasteiger partial charge in [-0.1, -0.05) is 97.3 Å². The second-order valence-corrected chi connectivity index (χ2v) is 33.6. The van der Waals surface area contributed by atoms with Crippen molar-refractivity contribution in [1.29, 1.82) is 0 Å². The smallest absolute Gasteiger partial charge is 0.0612 e. The number of aliphatic hydroxyl groups excluding tert-OH is 4. The quantitative estimate of drug-likeness (QED) is 0.213. The fourth-order valence-electron chi connectivity index (χ4n) is 29.4. The first kappa shape index (κ1) is 54.5. The summed E-state index contributed by atoms with van der Waals surface area (Å²) in [6.45, 7) is 4.77. The summed E-state index contributed by atoms with van der Waals surface area (Å²) in [6.07, 6.45) is 52.3. The molecular formula is C73H118O5. The molecule has 27 atom stereocenters. The van der Waals surface area contributed by atoms with Gasteiger partial charge < -0.3 is 25.2 Å². The molecule has 0 radical (unpaired) electrons. The van der Waals surface area contributed by atoms with Gasteiger partial charge in [0.2, 0.25) is 0 Å². The predicted octanol–water partition coefficient (Wildman–Crippen LogP) is 16.4. The summed E-state index contributed by atoms with van der Waals surface area (Å²) < 4.78 is 7.72. The van der Waals surface area contributed by atoms with Crippen LogP contribution in [0.15, 0.2) is 0 Å². The van der Waals surface area contributed by atoms with Gasteiger partial charge in [-0.3, -0.25) is 0 Å². The highest BCUT2D eigenvalue weighted by Crippen LogP contribution is 2.77. The van der Waals surface area contributed by atoms with Crippen molar-refractivity contribution in [3.63, 3.8) is 0 Å². The third-order valence-corrected chi connectivity index (χ3v) is 31.6. The first-order chi connectivity index (χ1) is 38.1. The molecule has 5 heteroatoms. The third-order valence-electron chi connectivity index (χ3n) is 31.6. The maximum atomic E-state index is 14.1. The lowest BCUT2D eigenvalue weighted by Gasteiger charge is -2.65. The predicted molar refractivity (Wildman–Crippen MR) is 313 cm³/mol. The van der Waals surface area contributed by atoms with Gasteiger partial charge in [-0.2, -0.15) is 0 Å². The maximum Gasteiger partial charge on any atom is 0.0612 e. The van der Waals surface area contributed by atoms with Crippen molar-refractivity contribution in [1.82, 2.24) is 0 Å². The fraction of sp³-hybridized carbons (Fsp3) is 1.00. The van der Waals surface area contributed by atoms with Crippen molar-refractivity contribution in [2.45, 2.75) is 301 Å². The topological polar surface area (TPSA) is 90.2 Å². The van der Waals surface area contributed by atoms with Crippen molar-refractivity contribution < 1.29 is 25.2 Å². The molecule has 0 aromatic heterocycles. The largest absolute Gasteiger partial charge is 0.393 e. The van der Waals surface area contributed by atoms with Crippen LogP contribution in [0.1, 0.15) is 264 Å². The normalized spacial score (nSPS) is 58.3. The van der Waals surface area contributed by atoms with E-state index < -0.39 is 0 Å². The zero-order valence-corrected chi connectivity index (χ0v) is 50.1. The second-order valence-electron chi connectivity index (χ2n) is 33.6. The van der Waals surface area contributed by atoms with Crippen LogP contribution in [0.3, 0.4) is 0 Å². The van der Waals surface area contributed by atoms with E-state index in [4.69, 9.17) is 4.74 Å². The van der Waals surface area contributed by atoms with Crippen molar-refractivity contribution in [3.8, 4) is 0 Å². The molecule has 0 bridgehead atoms. The number of ether oxygens (including phenoxy) is 1. The van der Waals surface area contributed by atoms with E-state index in [1.54, 1.807) is 0 Å². The van der Waals surface area contributed by atoms with Gasteiger partial charge in [-0.25, -0.2) is 0 Å². The molecule has 0 amide bonds. The molecule has 14 saturated carbocycles. The highest BCUT2D eigenvalue weighted by atomic mass is 16.5. The molecule has 78 heavy (non-hydrogen) atoms. The molecule has 4 N–H and O–H groups in total. The molecule has 0 spiro atoms. The lowest BCUT2D eigenvalue weighted by atomic mass is 9.41. The number of fused-ring (bicyclic) bond motifs is 12. The molecule has 15 fully saturated rings. The molecule has 0 aromatic carbocycles. The highest BCUT2D eigenvalue weighted by Gasteiger charge is 2.72. The molecule has 1 saturated heterocycles. The highest BCUT2D eigenvalue weighted by molar-refractivity contribution is 5.21. The van der Waals surface area contributed by atoms with Crippen LogP contribution in [-0.2, 0) is 4.74 Å². The van der Waals surface area contributed by atoms with Crippen LogP contribution >= 0.6 is 0 Å². The summed E-state index contributed by atoms with van der Waals surface area (Å²) in [4.78, 5) is 0. The SMILES string of the molecule is CC1CC(C2(C3CCC(O)C(C4(C5CC6CCC7OC8CCC9CC(C)C(O)CC9C8C(C8CCC(C9CCCCC9)CC8)C7C6CC5O)C5CCCCC5C5CCCCC54)C3)C3CCCCC3C3CCCCC32)CCC1O. The van der Waals surface area contributed by atoms with Crippen LogP contribution in [0.5, 0.6) is 0 Å². The molecule has 15 rings (SSSR count). The monoisotopic (exact) mass is 1070 g/mol. The Labute approximate surface area is 476 Å². The summed E-state index contributed by atoms with van der Waals surface area (Å²) in [7, 11) is 0. The Morgan fingerprint density at radius 1 is 0.269 bits per heavy atom. The molecule has 1 aliphatic heterocycles. The molecule has 14 aliphatic carbocycles. The summed E-state index contributed by atoms with van der Waals surface area (Å²) in [5.41, 5.74) is 0.406. The van der Waals surface area contributed by atoms with Crippen LogP contribution in [0.2, 0.25) is 0 Å². The van der Waals surface area contributed by atoms with Gasteiger partial charge in [0.15, 0.2) is 0 Å². The summed E-state index contributed by atoms with van der Waals surface area (Å²) >= 11 is 0. The minimum atomic E-state index is -0.274. The van der Waals surface area contributed by atoms with Crippen molar-refractivity contribution in [2.75, 3.05) is 0 Å². The number of aliphatic hydroxyl groups is 4. The Morgan fingerprint density at radius 2 is 0.692 bits per heavy atom. The van der Waals surface area contributed by atoms with E-state index >= 15 is 0 Å². The fourth-order valence-corrected chi connectivity index (χ4v) is 29.4. The molecule has 0 aromatic rings. The summed E-state index contributed by atoms with van der Waals surface area (Å²) in [5.74, 6) is 16.4. The van der Waals surface area contributed by atoms with Gasteiger partial charge in [-0.15, -0.1) is 0 Å². The van der Waals surface area contributed by atoms with Gasteiger partial charge in [0.05, 0.1) is 36.6 Å². The first-order valence-electron chi connectivity index (χ1n) is 36.5. The van der Waals surface area contributed by atoms with E-state index in [0.29, 0.717) is 94.6 Å². The van der Waals surface area contributed by atoms with E-state index in [1.165, 1.54) is 225 Å². The maximum absolute atomic E-state index is 14.1. The molecule has 15 aliphatic rings. The molecule has 27 unspecified atom stereocenters. The average Bonchev–Trinajstić information content (AvgIpc) is 3.97. The Morgan fingerprint density at radius 3 is 1.26 bits per heavy atom. The molecule has 5 nitrogen and oxygen atoms in total. The first-order valence-corrected chi connectivity index (χ1v) is 36.5. The van der Waals surface area contributed by atoms with E-state index in [0.717, 1.165) is 90.8 Å². The van der Waals surface area contributed by atoms with Crippen LogP contribution in [-0.4, -0.2) is 57.0 Å². The van der Waals surface area contributed by atoms with Crippen molar-refractivity contribution in [2.24, 2.45) is 153 Å². The van der Waals surface area contributed by atoms with E-state index in [9.17, 15) is 20.4 Å². The van der Waals surface area contributed by atoms with Crippen molar-refractivity contribution >= 4 is 0 Å². The average molecular weight is 1080 g/mol. The minimum Gasteiger partial charge on any atom is -0.393 e. The summed E-state index contributed by atoms with van der Waals surface area (Å²) in [5, 5.41) is 50.9. The van der Waals surface area contributed by atoms with E-state index in [-0.39, 0.29) is 29.8 Å². The summed E-state index contributed by atoms with van der Waals surface area (Å²) in [6, 6.07) is 0. The van der Waals surface area contributed by atoms with Crippen LogP contribution in [0, 0.1) is 153 Å². The lowest BCUT2D eigenvalue weighted by molar-refractivity contribution is -0.248. The Balaban J connectivity index is 0.799. The van der Waals surface area contributed by atoms with Crippen LogP contribution in [0.4, 0.5) is 0 Å². The Kier molecular flexibility index (Phi) is 15.3. The Hall–Kier alpha value is -0.200. The van der Waals surface area contributed by atoms with Gasteiger partial charge >= 0.3 is 0 Å². The molecule has 440 valence electrons. The number of rotatable bonds is 6. The standard InChI is InChI=1S/C73H118O5/c1-42-36-47-28-34-67-70(55(47)40-65(42)76)69(46-26-24-45(25-27-46)44-14-4-3-5-15-44)71-56-41-66(77)61(38-48(56)29-35-68(71)78-67)73(59-22-12-8-18-53(59)54-19-9-13-23-60(54)73)62-39-50(31-33-64(62)75)72(49-30-32-63(74)43(2)37-49)57-20-10-6-16-51(57)52-17-7-11-21-58(52)72/h42-71,74-77H,3-41H2,1-2H3. The van der Waals surface area contributed by atoms with Gasteiger partial charge in [0.1, 0.15) is 0 Å². The minimum absolute atomic E-state index is 0.0415. The lowest BCUT2D eigenvalue weighted by Crippen LogP contribution is -2.63. The van der Waals surface area contributed by atoms with Gasteiger partial charge in [-0.05, 0) is 320 Å². The van der Waals surface area contributed by atoms with E-state index in [1.807, 2.05) is 0 Å². The molecular weight excluding hydrogens is 957 g/mol. The van der Waals surface area contributed by atoms with Crippen LogP contribution < -0.4 is 0 Å². The molecule has 1 heterocycles. The zero-order chi connectivity index (χ0) is 52.6. The number of hydrogen-bond acceptors (Lipinski definition) is 5. The second kappa shape index (κ2) is 21.9. The van der Waals surface area contributed by atoms with Gasteiger partial charge in [0.25, 0.3) is 0 Å². The van der Waals surface area contributed by atoms with Gasteiger partial charge in [0, 0.05) is 0 Å².